The van der Waals surface area contributed by atoms with Crippen LogP contribution in [0.1, 0.15) is 46.0 Å². The number of amides is 3. The smallest absolute Gasteiger partial charge is 0.326 e. The molecule has 0 aliphatic carbocycles. The average molecular weight is 474 g/mol. The Bertz CT molecular complexity index is 725. The molecule has 0 bridgehead atoms. The normalized spacial score (nSPS) is 14.2. The van der Waals surface area contributed by atoms with E-state index in [1.807, 2.05) is 6.92 Å². The molecule has 0 aliphatic heterocycles. The lowest BCUT2D eigenvalue weighted by molar-refractivity contribution is -0.143. The lowest BCUT2D eigenvalue weighted by Gasteiger charge is -2.25. The molecule has 0 aromatic carbocycles. The van der Waals surface area contributed by atoms with Crippen LogP contribution < -0.4 is 33.2 Å². The molecule has 33 heavy (non-hydrogen) atoms. The Balaban J connectivity index is 4.84. The van der Waals surface area contributed by atoms with Gasteiger partial charge < -0.3 is 43.4 Å². The zero-order valence-corrected chi connectivity index (χ0v) is 18.9. The molecule has 0 aromatic heterocycles. The molecule has 0 radical (unpaired) electrons. The van der Waals surface area contributed by atoms with Crippen molar-refractivity contribution in [1.29, 1.82) is 0 Å². The van der Waals surface area contributed by atoms with Gasteiger partial charge in [-0.25, -0.2) is 4.79 Å². The minimum absolute atomic E-state index is 0.0675. The van der Waals surface area contributed by atoms with Crippen molar-refractivity contribution in [1.82, 2.24) is 16.0 Å². The summed E-state index contributed by atoms with van der Waals surface area (Å²) in [7, 11) is 0. The molecule has 188 valence electrons. The van der Waals surface area contributed by atoms with Gasteiger partial charge in [-0.1, -0.05) is 20.3 Å². The summed E-state index contributed by atoms with van der Waals surface area (Å²) >= 11 is 0. The summed E-state index contributed by atoms with van der Waals surface area (Å²) in [5.41, 5.74) is 16.3. The van der Waals surface area contributed by atoms with Crippen molar-refractivity contribution in [2.75, 3.05) is 13.1 Å². The summed E-state index contributed by atoms with van der Waals surface area (Å²) in [6, 6.07) is -3.28. The molecule has 14 heteroatoms. The summed E-state index contributed by atoms with van der Waals surface area (Å²) in [5, 5.41) is 24.8. The van der Waals surface area contributed by atoms with Crippen LogP contribution in [-0.4, -0.2) is 77.0 Å². The van der Waals surface area contributed by atoms with Crippen LogP contribution in [0.4, 0.5) is 0 Å². The first-order valence-electron chi connectivity index (χ1n) is 10.5. The predicted octanol–water partition coefficient (Wildman–Crippen LogP) is -2.55. The Morgan fingerprint density at radius 1 is 1.00 bits per heavy atom. The van der Waals surface area contributed by atoms with Gasteiger partial charge in [0.25, 0.3) is 0 Å². The molecule has 14 nitrogen and oxygen atoms in total. The van der Waals surface area contributed by atoms with Crippen LogP contribution >= 0.6 is 0 Å². The van der Waals surface area contributed by atoms with Crippen LogP contribution in [0.15, 0.2) is 4.99 Å². The van der Waals surface area contributed by atoms with Crippen LogP contribution in [0.3, 0.4) is 0 Å². The van der Waals surface area contributed by atoms with E-state index in [9.17, 15) is 24.0 Å². The average Bonchev–Trinajstić information content (AvgIpc) is 2.74. The topological polar surface area (TPSA) is 252 Å². The van der Waals surface area contributed by atoms with Gasteiger partial charge in [-0.15, -0.1) is 0 Å². The highest BCUT2D eigenvalue weighted by atomic mass is 16.4. The summed E-state index contributed by atoms with van der Waals surface area (Å²) in [4.78, 5) is 62.6. The van der Waals surface area contributed by atoms with Crippen molar-refractivity contribution in [2.45, 2.75) is 64.1 Å². The molecule has 0 heterocycles. The van der Waals surface area contributed by atoms with Gasteiger partial charge in [0.05, 0.1) is 12.6 Å². The number of nitrogens with two attached hydrogens (primary N) is 3. The standard InChI is InChI=1S/C19H35N7O7/c1-3-10(2)15(26-16(30)11(20)5-4-8-23-19(21)22)17(31)24-9-13(27)25-12(18(32)33)6-7-14(28)29/h10-12,15H,3-9,20H2,1-2H3,(H,24,31)(H,25,27)(H,26,30)(H,28,29)(H,32,33)(H4,21,22,23). The lowest BCUT2D eigenvalue weighted by atomic mass is 9.97. The number of hydrogen-bond donors (Lipinski definition) is 8. The molecule has 11 N–H and O–H groups in total. The van der Waals surface area contributed by atoms with Gasteiger partial charge in [0.1, 0.15) is 12.1 Å². The van der Waals surface area contributed by atoms with Gasteiger partial charge in [0.2, 0.25) is 17.7 Å². The van der Waals surface area contributed by atoms with Crippen molar-refractivity contribution in [2.24, 2.45) is 28.1 Å². The Morgan fingerprint density at radius 2 is 1.64 bits per heavy atom. The Kier molecular flexibility index (Phi) is 13.8. The second-order valence-electron chi connectivity index (χ2n) is 7.54. The third kappa shape index (κ3) is 12.9. The van der Waals surface area contributed by atoms with E-state index in [0.29, 0.717) is 19.4 Å². The van der Waals surface area contributed by atoms with Gasteiger partial charge in [0, 0.05) is 13.0 Å². The van der Waals surface area contributed by atoms with Crippen molar-refractivity contribution in [3.8, 4) is 0 Å². The first-order valence-corrected chi connectivity index (χ1v) is 10.5. The molecule has 0 aromatic rings. The lowest BCUT2D eigenvalue weighted by Crippen LogP contribution is -2.55. The first-order chi connectivity index (χ1) is 15.4. The second-order valence-corrected chi connectivity index (χ2v) is 7.54. The van der Waals surface area contributed by atoms with E-state index in [2.05, 4.69) is 20.9 Å². The molecule has 0 saturated heterocycles. The minimum atomic E-state index is -1.41. The van der Waals surface area contributed by atoms with Crippen molar-refractivity contribution in [3.05, 3.63) is 0 Å². The highest BCUT2D eigenvalue weighted by Gasteiger charge is 2.28. The molecular weight excluding hydrogens is 438 g/mol. The van der Waals surface area contributed by atoms with Crippen molar-refractivity contribution in [3.63, 3.8) is 0 Å². The Hall–Kier alpha value is -3.42. The highest BCUT2D eigenvalue weighted by Crippen LogP contribution is 2.09. The van der Waals surface area contributed by atoms with Gasteiger partial charge in [-0.2, -0.15) is 0 Å². The third-order valence-corrected chi connectivity index (χ3v) is 4.80. The fourth-order valence-electron chi connectivity index (χ4n) is 2.66. The fourth-order valence-corrected chi connectivity index (χ4v) is 2.66. The largest absolute Gasteiger partial charge is 0.481 e. The Morgan fingerprint density at radius 3 is 2.15 bits per heavy atom. The van der Waals surface area contributed by atoms with Crippen LogP contribution in [0.5, 0.6) is 0 Å². The third-order valence-electron chi connectivity index (χ3n) is 4.80. The van der Waals surface area contributed by atoms with E-state index < -0.39 is 60.8 Å². The van der Waals surface area contributed by atoms with E-state index in [4.69, 9.17) is 27.4 Å². The van der Waals surface area contributed by atoms with Crippen LogP contribution in [0.25, 0.3) is 0 Å². The number of carboxylic acid groups (broad SMARTS) is 2. The van der Waals surface area contributed by atoms with E-state index in [1.54, 1.807) is 6.92 Å². The maximum absolute atomic E-state index is 12.6. The summed E-state index contributed by atoms with van der Waals surface area (Å²) in [6.07, 6.45) is 0.530. The number of aliphatic carboxylic acids is 2. The highest BCUT2D eigenvalue weighted by molar-refractivity contribution is 5.92. The molecule has 3 amide bonds. The number of nitrogens with zero attached hydrogens (tertiary/aromatic N) is 1. The number of carbonyl (C=O) groups is 5. The second kappa shape index (κ2) is 15.4. The molecule has 0 spiro atoms. The number of aliphatic imine (C=N–C) groups is 1. The molecule has 4 atom stereocenters. The van der Waals surface area contributed by atoms with Gasteiger partial charge in [-0.05, 0) is 25.2 Å². The number of carbonyl (C=O) groups excluding carboxylic acids is 3. The molecule has 0 fully saturated rings. The molecule has 0 rings (SSSR count). The minimum Gasteiger partial charge on any atom is -0.481 e. The summed E-state index contributed by atoms with van der Waals surface area (Å²) in [6.45, 7) is 3.31. The van der Waals surface area contributed by atoms with Gasteiger partial charge >= 0.3 is 11.9 Å². The molecule has 0 aliphatic rings. The van der Waals surface area contributed by atoms with Crippen molar-refractivity contribution >= 4 is 35.6 Å². The maximum atomic E-state index is 12.6. The van der Waals surface area contributed by atoms with Crippen molar-refractivity contribution < 1.29 is 34.2 Å². The number of rotatable bonds is 16. The molecule has 0 saturated carbocycles. The van der Waals surface area contributed by atoms with Crippen LogP contribution in [0, 0.1) is 5.92 Å². The van der Waals surface area contributed by atoms with E-state index in [0.717, 1.165) is 0 Å². The predicted molar refractivity (Wildman–Crippen MR) is 119 cm³/mol. The van der Waals surface area contributed by atoms with E-state index in [-0.39, 0.29) is 24.7 Å². The first kappa shape index (κ1) is 29.6. The zero-order valence-electron chi connectivity index (χ0n) is 18.9. The van der Waals surface area contributed by atoms with Crippen LogP contribution in [0.2, 0.25) is 0 Å². The van der Waals surface area contributed by atoms with Gasteiger partial charge in [0.15, 0.2) is 5.96 Å². The van der Waals surface area contributed by atoms with Crippen LogP contribution in [-0.2, 0) is 24.0 Å². The number of nitrogens with one attached hydrogen (secondary N) is 3. The number of hydrogen-bond acceptors (Lipinski definition) is 7. The van der Waals surface area contributed by atoms with E-state index >= 15 is 0 Å². The summed E-state index contributed by atoms with van der Waals surface area (Å²) in [5.74, 6) is -4.95. The quantitative estimate of drug-likeness (QED) is 0.0661. The van der Waals surface area contributed by atoms with Gasteiger partial charge in [-0.3, -0.25) is 24.2 Å². The fraction of sp³-hybridized carbons (Fsp3) is 0.684. The zero-order chi connectivity index (χ0) is 25.6. The number of guanidine groups is 1. The Labute approximate surface area is 191 Å². The molecular formula is C19H35N7O7. The SMILES string of the molecule is CCC(C)C(NC(=O)C(N)CCCN=C(N)N)C(=O)NCC(=O)NC(CCC(=O)O)C(=O)O. The molecule has 4 unspecified atom stereocenters. The summed E-state index contributed by atoms with van der Waals surface area (Å²) < 4.78 is 0. The van der Waals surface area contributed by atoms with E-state index in [1.165, 1.54) is 0 Å². The maximum Gasteiger partial charge on any atom is 0.326 e. The monoisotopic (exact) mass is 473 g/mol. The number of carboxylic acids is 2.